The molecule has 38 heavy (non-hydrogen) atoms. The average molecular weight is 536 g/mol. The summed E-state index contributed by atoms with van der Waals surface area (Å²) in [7, 11) is -3.77. The summed E-state index contributed by atoms with van der Waals surface area (Å²) in [4.78, 5) is 29.2. The first-order chi connectivity index (χ1) is 17.8. The second-order valence-electron chi connectivity index (χ2n) is 10.6. The minimum atomic E-state index is -3.77. The number of rotatable bonds is 10. The highest BCUT2D eigenvalue weighted by Gasteiger charge is 2.34. The molecule has 202 valence electrons. The molecule has 0 fully saturated rings. The van der Waals surface area contributed by atoms with Gasteiger partial charge in [0.1, 0.15) is 12.6 Å². The van der Waals surface area contributed by atoms with E-state index in [4.69, 9.17) is 0 Å². The minimum absolute atomic E-state index is 0.155. The second kappa shape index (κ2) is 12.3. The van der Waals surface area contributed by atoms with Gasteiger partial charge in [0.2, 0.25) is 21.8 Å². The number of amides is 2. The molecule has 2 amide bonds. The Hall–Kier alpha value is -3.65. The summed E-state index contributed by atoms with van der Waals surface area (Å²) in [6.07, 6.45) is 1.36. The van der Waals surface area contributed by atoms with Crippen LogP contribution in [0.5, 0.6) is 0 Å². The monoisotopic (exact) mass is 535 g/mol. The molecule has 0 radical (unpaired) electrons. The van der Waals surface area contributed by atoms with Gasteiger partial charge >= 0.3 is 0 Å². The SMILES string of the molecule is Cc1cccc(CN(C(=O)CN(c2ccccc2)S(C)(=O)=O)C(Cc2ccccc2)C(=O)NC(C)(C)C)c1. The van der Waals surface area contributed by atoms with Crippen LogP contribution in [0.15, 0.2) is 84.9 Å². The number of carbonyl (C=O) groups is 2. The average Bonchev–Trinajstić information content (AvgIpc) is 2.84. The number of hydrogen-bond acceptors (Lipinski definition) is 4. The van der Waals surface area contributed by atoms with E-state index >= 15 is 0 Å². The molecule has 1 N–H and O–H groups in total. The number of anilines is 1. The van der Waals surface area contributed by atoms with Crippen LogP contribution < -0.4 is 9.62 Å². The number of nitrogens with zero attached hydrogens (tertiary/aromatic N) is 2. The van der Waals surface area contributed by atoms with Crippen LogP contribution in [-0.4, -0.2) is 49.5 Å². The van der Waals surface area contributed by atoms with Gasteiger partial charge in [-0.3, -0.25) is 13.9 Å². The molecule has 3 aromatic carbocycles. The largest absolute Gasteiger partial charge is 0.350 e. The fraction of sp³-hybridized carbons (Fsp3) is 0.333. The second-order valence-corrected chi connectivity index (χ2v) is 12.5. The van der Waals surface area contributed by atoms with E-state index in [0.717, 1.165) is 27.3 Å². The summed E-state index contributed by atoms with van der Waals surface area (Å²) in [5.41, 5.74) is 2.64. The minimum Gasteiger partial charge on any atom is -0.350 e. The molecule has 1 atom stereocenters. The topological polar surface area (TPSA) is 86.8 Å². The highest BCUT2D eigenvalue weighted by atomic mass is 32.2. The van der Waals surface area contributed by atoms with Gasteiger partial charge in [-0.05, 0) is 51.0 Å². The lowest BCUT2D eigenvalue weighted by atomic mass is 10.0. The van der Waals surface area contributed by atoms with Crippen molar-refractivity contribution in [3.05, 3.63) is 102 Å². The lowest BCUT2D eigenvalue weighted by molar-refractivity contribution is -0.140. The maximum Gasteiger partial charge on any atom is 0.244 e. The molecule has 0 saturated carbocycles. The Morgan fingerprint density at radius 3 is 2.00 bits per heavy atom. The first-order valence-corrected chi connectivity index (χ1v) is 14.4. The molecule has 8 heteroatoms. The van der Waals surface area contributed by atoms with Crippen LogP contribution in [0.3, 0.4) is 0 Å². The Morgan fingerprint density at radius 2 is 1.45 bits per heavy atom. The summed E-state index contributed by atoms with van der Waals surface area (Å²) in [5.74, 6) is -0.765. The van der Waals surface area contributed by atoms with Gasteiger partial charge in [0.25, 0.3) is 0 Å². The van der Waals surface area contributed by atoms with Gasteiger partial charge < -0.3 is 10.2 Å². The van der Waals surface area contributed by atoms with E-state index in [1.165, 1.54) is 4.90 Å². The third kappa shape index (κ3) is 8.45. The highest BCUT2D eigenvalue weighted by Crippen LogP contribution is 2.20. The molecule has 3 aromatic rings. The van der Waals surface area contributed by atoms with Crippen molar-refractivity contribution in [1.82, 2.24) is 10.2 Å². The predicted octanol–water partition coefficient (Wildman–Crippen LogP) is 4.32. The van der Waals surface area contributed by atoms with Crippen LogP contribution >= 0.6 is 0 Å². The lowest BCUT2D eigenvalue weighted by Gasteiger charge is -2.35. The first kappa shape index (κ1) is 28.9. The predicted molar refractivity (Wildman–Crippen MR) is 152 cm³/mol. The standard InChI is InChI=1S/C30H37N3O4S/c1-23-13-12-16-25(19-23)21-32(28(34)22-33(38(5,36)37)26-17-10-7-11-18-26)27(29(35)31-30(2,3)4)20-24-14-8-6-9-15-24/h6-19,27H,20-22H2,1-5H3,(H,31,35). The Balaban J connectivity index is 2.06. The summed E-state index contributed by atoms with van der Waals surface area (Å²) >= 11 is 0. The molecule has 0 aliphatic carbocycles. The molecule has 0 aliphatic heterocycles. The molecule has 0 bridgehead atoms. The van der Waals surface area contributed by atoms with Crippen molar-refractivity contribution in [1.29, 1.82) is 0 Å². The smallest absolute Gasteiger partial charge is 0.244 e. The molecule has 7 nitrogen and oxygen atoms in total. The fourth-order valence-electron chi connectivity index (χ4n) is 4.22. The molecular weight excluding hydrogens is 498 g/mol. The molecule has 0 spiro atoms. The lowest BCUT2D eigenvalue weighted by Crippen LogP contribution is -2.56. The summed E-state index contributed by atoms with van der Waals surface area (Å²) in [6.45, 7) is 7.35. The van der Waals surface area contributed by atoms with Crippen molar-refractivity contribution in [2.75, 3.05) is 17.1 Å². The van der Waals surface area contributed by atoms with Crippen LogP contribution in [0.25, 0.3) is 0 Å². The van der Waals surface area contributed by atoms with Crippen LogP contribution in [0, 0.1) is 6.92 Å². The molecule has 0 heterocycles. The van der Waals surface area contributed by atoms with Crippen LogP contribution in [0.4, 0.5) is 5.69 Å². The molecule has 1 unspecified atom stereocenters. The zero-order chi connectivity index (χ0) is 27.9. The number of aryl methyl sites for hydroxylation is 1. The number of nitrogens with one attached hydrogen (secondary N) is 1. The van der Waals surface area contributed by atoms with Gasteiger partial charge in [0.05, 0.1) is 11.9 Å². The van der Waals surface area contributed by atoms with Crippen molar-refractivity contribution in [2.24, 2.45) is 0 Å². The number of benzene rings is 3. The van der Waals surface area contributed by atoms with Crippen molar-refractivity contribution in [3.8, 4) is 0 Å². The molecule has 0 aromatic heterocycles. The Kier molecular flexibility index (Phi) is 9.33. The zero-order valence-corrected chi connectivity index (χ0v) is 23.5. The highest BCUT2D eigenvalue weighted by molar-refractivity contribution is 7.92. The maximum absolute atomic E-state index is 14.0. The quantitative estimate of drug-likeness (QED) is 0.419. The maximum atomic E-state index is 14.0. The van der Waals surface area contributed by atoms with Gasteiger partial charge in [0, 0.05) is 18.5 Å². The third-order valence-corrected chi connectivity index (χ3v) is 7.07. The van der Waals surface area contributed by atoms with E-state index in [0.29, 0.717) is 5.69 Å². The van der Waals surface area contributed by atoms with E-state index in [2.05, 4.69) is 5.32 Å². The van der Waals surface area contributed by atoms with E-state index in [9.17, 15) is 18.0 Å². The van der Waals surface area contributed by atoms with Crippen LogP contribution in [0.1, 0.15) is 37.5 Å². The summed E-state index contributed by atoms with van der Waals surface area (Å²) in [6, 6.07) is 24.9. The third-order valence-electron chi connectivity index (χ3n) is 5.93. The van der Waals surface area contributed by atoms with E-state index in [-0.39, 0.29) is 18.9 Å². The van der Waals surface area contributed by atoms with E-state index in [1.807, 2.05) is 82.3 Å². The van der Waals surface area contributed by atoms with Crippen molar-refractivity contribution >= 4 is 27.5 Å². The van der Waals surface area contributed by atoms with Crippen LogP contribution in [0.2, 0.25) is 0 Å². The van der Waals surface area contributed by atoms with E-state index < -0.39 is 34.1 Å². The Bertz CT molecular complexity index is 1340. The van der Waals surface area contributed by atoms with Gasteiger partial charge in [-0.25, -0.2) is 8.42 Å². The Labute approximate surface area is 226 Å². The molecule has 3 rings (SSSR count). The normalized spacial score (nSPS) is 12.4. The van der Waals surface area contributed by atoms with Gasteiger partial charge in [0.15, 0.2) is 0 Å². The first-order valence-electron chi connectivity index (χ1n) is 12.6. The fourth-order valence-corrected chi connectivity index (χ4v) is 5.07. The number of sulfonamides is 1. The summed E-state index contributed by atoms with van der Waals surface area (Å²) < 4.78 is 26.6. The van der Waals surface area contributed by atoms with Crippen molar-refractivity contribution in [2.45, 2.75) is 52.2 Å². The van der Waals surface area contributed by atoms with Gasteiger partial charge in [-0.2, -0.15) is 0 Å². The van der Waals surface area contributed by atoms with Crippen LogP contribution in [-0.2, 0) is 32.6 Å². The van der Waals surface area contributed by atoms with Gasteiger partial charge in [-0.1, -0.05) is 78.4 Å². The molecular formula is C30H37N3O4S. The summed E-state index contributed by atoms with van der Waals surface area (Å²) in [5, 5.41) is 3.02. The number of para-hydroxylation sites is 1. The van der Waals surface area contributed by atoms with Gasteiger partial charge in [-0.15, -0.1) is 0 Å². The number of hydrogen-bond donors (Lipinski definition) is 1. The van der Waals surface area contributed by atoms with Crippen molar-refractivity contribution < 1.29 is 18.0 Å². The Morgan fingerprint density at radius 1 is 0.868 bits per heavy atom. The molecule has 0 saturated heterocycles. The zero-order valence-electron chi connectivity index (χ0n) is 22.7. The molecule has 0 aliphatic rings. The van der Waals surface area contributed by atoms with E-state index in [1.54, 1.807) is 30.3 Å². The number of carbonyl (C=O) groups excluding carboxylic acids is 2. The van der Waals surface area contributed by atoms with Crippen molar-refractivity contribution in [3.63, 3.8) is 0 Å².